The summed E-state index contributed by atoms with van der Waals surface area (Å²) in [6, 6.07) is 3.89. The normalized spacial score (nSPS) is 12.8. The molecule has 5 heteroatoms. The molecule has 1 aromatic carbocycles. The van der Waals surface area contributed by atoms with E-state index in [1.54, 1.807) is 0 Å². The molecule has 0 aliphatic carbocycles. The van der Waals surface area contributed by atoms with Gasteiger partial charge in [-0.1, -0.05) is 0 Å². The van der Waals surface area contributed by atoms with Gasteiger partial charge in [0.15, 0.2) is 5.82 Å². The molecule has 1 atom stereocenters. The van der Waals surface area contributed by atoms with E-state index in [1.807, 2.05) is 0 Å². The fourth-order valence-corrected chi connectivity index (χ4v) is 1.50. The quantitative estimate of drug-likeness (QED) is 0.849. The van der Waals surface area contributed by atoms with Gasteiger partial charge in [0.25, 0.3) is 0 Å². The Bertz CT molecular complexity index is 508. The number of aliphatic hydroxyl groups is 1. The van der Waals surface area contributed by atoms with Crippen molar-refractivity contribution in [3.63, 3.8) is 0 Å². The van der Waals surface area contributed by atoms with E-state index in [2.05, 4.69) is 5.10 Å². The smallest absolute Gasteiger partial charge is 0.161 e. The summed E-state index contributed by atoms with van der Waals surface area (Å²) in [5, 5.41) is 13.3. The summed E-state index contributed by atoms with van der Waals surface area (Å²) in [6.07, 6.45) is 1.37. The maximum absolute atomic E-state index is 13.0. The van der Waals surface area contributed by atoms with Crippen molar-refractivity contribution in [2.75, 3.05) is 0 Å². The summed E-state index contributed by atoms with van der Waals surface area (Å²) in [7, 11) is 0. The van der Waals surface area contributed by atoms with Crippen molar-refractivity contribution >= 4 is 0 Å². The number of rotatable bonds is 2. The Labute approximate surface area is 91.0 Å². The van der Waals surface area contributed by atoms with Gasteiger partial charge in [-0.15, -0.1) is 0 Å². The second-order valence-electron chi connectivity index (χ2n) is 3.48. The lowest BCUT2D eigenvalue weighted by molar-refractivity contribution is 0.198. The molecular formula is C11H10F2N2O. The van der Waals surface area contributed by atoms with Gasteiger partial charge in [-0.25, -0.2) is 13.5 Å². The van der Waals surface area contributed by atoms with Crippen LogP contribution < -0.4 is 0 Å². The van der Waals surface area contributed by atoms with E-state index in [0.29, 0.717) is 11.3 Å². The maximum atomic E-state index is 13.0. The van der Waals surface area contributed by atoms with Crippen molar-refractivity contribution in [1.29, 1.82) is 0 Å². The number of aliphatic hydroxyl groups excluding tert-OH is 1. The highest BCUT2D eigenvalue weighted by Crippen LogP contribution is 2.22. The van der Waals surface area contributed by atoms with Gasteiger partial charge in [-0.2, -0.15) is 5.10 Å². The summed E-state index contributed by atoms with van der Waals surface area (Å²) in [6.45, 7) is 1.51. The van der Waals surface area contributed by atoms with E-state index in [-0.39, 0.29) is 0 Å². The van der Waals surface area contributed by atoms with Gasteiger partial charge in [0.05, 0.1) is 24.2 Å². The van der Waals surface area contributed by atoms with Crippen molar-refractivity contribution < 1.29 is 13.9 Å². The molecule has 1 heterocycles. The summed E-state index contributed by atoms with van der Waals surface area (Å²) >= 11 is 0. The number of hydrogen-bond donors (Lipinski definition) is 1. The van der Waals surface area contributed by atoms with Gasteiger partial charge in [0.1, 0.15) is 5.82 Å². The van der Waals surface area contributed by atoms with Gasteiger partial charge in [-0.05, 0) is 25.1 Å². The Morgan fingerprint density at radius 1 is 1.31 bits per heavy atom. The van der Waals surface area contributed by atoms with Crippen LogP contribution in [-0.2, 0) is 0 Å². The third-order valence-corrected chi connectivity index (χ3v) is 2.24. The average molecular weight is 224 g/mol. The van der Waals surface area contributed by atoms with Gasteiger partial charge in [-0.3, -0.25) is 0 Å². The van der Waals surface area contributed by atoms with Crippen LogP contribution in [0.5, 0.6) is 0 Å². The molecule has 3 nitrogen and oxygen atoms in total. The Morgan fingerprint density at radius 2 is 2.06 bits per heavy atom. The summed E-state index contributed by atoms with van der Waals surface area (Å²) < 4.78 is 27.1. The Hall–Kier alpha value is -1.75. The van der Waals surface area contributed by atoms with Crippen molar-refractivity contribution in [3.05, 3.63) is 47.8 Å². The van der Waals surface area contributed by atoms with E-state index in [0.717, 1.165) is 6.20 Å². The monoisotopic (exact) mass is 224 g/mol. The molecule has 0 aliphatic rings. The minimum Gasteiger partial charge on any atom is -0.389 e. The number of hydrogen-bond acceptors (Lipinski definition) is 2. The SMILES string of the molecule is CC(O)c1cc(F)ccc1-n1cc(F)cn1. The first-order chi connectivity index (χ1) is 7.58. The lowest BCUT2D eigenvalue weighted by atomic mass is 10.1. The molecule has 0 saturated carbocycles. The van der Waals surface area contributed by atoms with E-state index in [1.165, 1.54) is 36.0 Å². The number of nitrogens with zero attached hydrogens (tertiary/aromatic N) is 2. The van der Waals surface area contributed by atoms with Gasteiger partial charge >= 0.3 is 0 Å². The Kier molecular flexibility index (Phi) is 2.70. The highest BCUT2D eigenvalue weighted by Gasteiger charge is 2.11. The minimum absolute atomic E-state index is 0.364. The van der Waals surface area contributed by atoms with E-state index >= 15 is 0 Å². The molecule has 1 N–H and O–H groups in total. The van der Waals surface area contributed by atoms with Crippen molar-refractivity contribution in [1.82, 2.24) is 9.78 Å². The predicted molar refractivity (Wildman–Crippen MR) is 54.1 cm³/mol. The van der Waals surface area contributed by atoms with Crippen LogP contribution in [0.25, 0.3) is 5.69 Å². The van der Waals surface area contributed by atoms with Crippen LogP contribution >= 0.6 is 0 Å². The highest BCUT2D eigenvalue weighted by atomic mass is 19.1. The summed E-state index contributed by atoms with van der Waals surface area (Å²) in [5.74, 6) is -0.937. The first-order valence-corrected chi connectivity index (χ1v) is 4.76. The molecule has 0 fully saturated rings. The fourth-order valence-electron chi connectivity index (χ4n) is 1.50. The minimum atomic E-state index is -0.849. The lowest BCUT2D eigenvalue weighted by Gasteiger charge is -2.11. The first-order valence-electron chi connectivity index (χ1n) is 4.76. The molecule has 2 aromatic rings. The zero-order valence-corrected chi connectivity index (χ0v) is 8.56. The van der Waals surface area contributed by atoms with Crippen molar-refractivity contribution in [3.8, 4) is 5.69 Å². The molecule has 0 amide bonds. The van der Waals surface area contributed by atoms with E-state index in [9.17, 15) is 13.9 Å². The molecular weight excluding hydrogens is 214 g/mol. The van der Waals surface area contributed by atoms with Crippen molar-refractivity contribution in [2.24, 2.45) is 0 Å². The molecule has 0 saturated heterocycles. The molecule has 2 rings (SSSR count). The maximum Gasteiger partial charge on any atom is 0.161 e. The van der Waals surface area contributed by atoms with E-state index in [4.69, 9.17) is 0 Å². The number of halogens is 2. The molecule has 1 unspecified atom stereocenters. The predicted octanol–water partition coefficient (Wildman–Crippen LogP) is 2.20. The Morgan fingerprint density at radius 3 is 2.62 bits per heavy atom. The van der Waals surface area contributed by atoms with Gasteiger partial charge < -0.3 is 5.11 Å². The van der Waals surface area contributed by atoms with Crippen LogP contribution in [-0.4, -0.2) is 14.9 Å². The Balaban J connectivity index is 2.56. The van der Waals surface area contributed by atoms with Crippen LogP contribution in [0.3, 0.4) is 0 Å². The van der Waals surface area contributed by atoms with Crippen molar-refractivity contribution in [2.45, 2.75) is 13.0 Å². The zero-order chi connectivity index (χ0) is 11.7. The number of benzene rings is 1. The van der Waals surface area contributed by atoms with Crippen LogP contribution in [0, 0.1) is 11.6 Å². The molecule has 1 aromatic heterocycles. The van der Waals surface area contributed by atoms with Crippen LogP contribution in [0.4, 0.5) is 8.78 Å². The number of aromatic nitrogens is 2. The zero-order valence-electron chi connectivity index (χ0n) is 8.56. The average Bonchev–Trinajstić information content (AvgIpc) is 2.64. The largest absolute Gasteiger partial charge is 0.389 e. The molecule has 0 aliphatic heterocycles. The second-order valence-corrected chi connectivity index (χ2v) is 3.48. The molecule has 16 heavy (non-hydrogen) atoms. The molecule has 84 valence electrons. The van der Waals surface area contributed by atoms with E-state index < -0.39 is 17.7 Å². The summed E-state index contributed by atoms with van der Waals surface area (Å²) in [4.78, 5) is 0. The first kappa shape index (κ1) is 10.8. The third-order valence-electron chi connectivity index (χ3n) is 2.24. The van der Waals surface area contributed by atoms with Gasteiger partial charge in [0.2, 0.25) is 0 Å². The van der Waals surface area contributed by atoms with Crippen LogP contribution in [0.2, 0.25) is 0 Å². The topological polar surface area (TPSA) is 38.0 Å². The standard InChI is InChI=1S/C11H10F2N2O/c1-7(16)10-4-8(12)2-3-11(10)15-6-9(13)5-14-15/h2-7,16H,1H3. The third kappa shape index (κ3) is 1.94. The molecule has 0 bridgehead atoms. The van der Waals surface area contributed by atoms with Crippen LogP contribution in [0.15, 0.2) is 30.6 Å². The molecule has 0 spiro atoms. The highest BCUT2D eigenvalue weighted by molar-refractivity contribution is 5.41. The second kappa shape index (κ2) is 4.02. The fraction of sp³-hybridized carbons (Fsp3) is 0.182. The van der Waals surface area contributed by atoms with Crippen LogP contribution in [0.1, 0.15) is 18.6 Å². The lowest BCUT2D eigenvalue weighted by Crippen LogP contribution is -2.03. The van der Waals surface area contributed by atoms with Gasteiger partial charge in [0, 0.05) is 5.56 Å². The molecule has 0 radical (unpaired) electrons. The summed E-state index contributed by atoms with van der Waals surface area (Å²) in [5.41, 5.74) is 0.823.